The first-order valence-corrected chi connectivity index (χ1v) is 5.94. The Bertz CT molecular complexity index is 579. The number of aromatic nitrogens is 1. The third-order valence-electron chi connectivity index (χ3n) is 2.65. The van der Waals surface area contributed by atoms with E-state index >= 15 is 0 Å². The molecule has 0 fully saturated rings. The van der Waals surface area contributed by atoms with Crippen LogP contribution in [-0.4, -0.2) is 10.8 Å². The Balaban J connectivity index is 2.21. The Kier molecular flexibility index (Phi) is 3.63. The van der Waals surface area contributed by atoms with E-state index < -0.39 is 0 Å². The summed E-state index contributed by atoms with van der Waals surface area (Å²) in [5, 5.41) is 0.509. The highest BCUT2D eigenvalue weighted by atomic mass is 35.5. The number of ketones is 1. The van der Waals surface area contributed by atoms with Crippen molar-refractivity contribution in [3.63, 3.8) is 0 Å². The summed E-state index contributed by atoms with van der Waals surface area (Å²) >= 11 is 5.86. The number of carbonyl (C=O) groups excluding carboxylic acids is 1. The molecular weight excluding hydrogens is 248 g/mol. The van der Waals surface area contributed by atoms with Crippen LogP contribution in [0.1, 0.15) is 21.6 Å². The minimum absolute atomic E-state index is 0.0550. The van der Waals surface area contributed by atoms with Gasteiger partial charge in [0.2, 0.25) is 0 Å². The molecule has 2 rings (SSSR count). The lowest BCUT2D eigenvalue weighted by Gasteiger charge is -2.05. The molecule has 0 saturated carbocycles. The molecule has 0 aliphatic rings. The summed E-state index contributed by atoms with van der Waals surface area (Å²) in [6, 6.07) is 8.68. The molecule has 0 aliphatic heterocycles. The quantitative estimate of drug-likeness (QED) is 0.682. The molecule has 2 N–H and O–H groups in total. The van der Waals surface area contributed by atoms with Crippen LogP contribution in [-0.2, 0) is 6.42 Å². The van der Waals surface area contributed by atoms with Crippen LogP contribution in [0.25, 0.3) is 0 Å². The van der Waals surface area contributed by atoms with Crippen molar-refractivity contribution in [3.05, 3.63) is 58.4 Å². The summed E-state index contributed by atoms with van der Waals surface area (Å²) in [5.74, 6) is -0.0550. The third-order valence-corrected chi connectivity index (χ3v) is 2.89. The second kappa shape index (κ2) is 5.19. The molecule has 18 heavy (non-hydrogen) atoms. The van der Waals surface area contributed by atoms with Gasteiger partial charge in [0.15, 0.2) is 5.78 Å². The van der Waals surface area contributed by atoms with Gasteiger partial charge in [0, 0.05) is 34.6 Å². The van der Waals surface area contributed by atoms with E-state index in [-0.39, 0.29) is 12.2 Å². The lowest BCUT2D eigenvalue weighted by Crippen LogP contribution is -2.07. The Morgan fingerprint density at radius 3 is 2.78 bits per heavy atom. The van der Waals surface area contributed by atoms with Gasteiger partial charge in [-0.25, -0.2) is 0 Å². The molecule has 0 bridgehead atoms. The first-order chi connectivity index (χ1) is 8.56. The number of rotatable bonds is 3. The summed E-state index contributed by atoms with van der Waals surface area (Å²) in [6.07, 6.45) is 1.98. The first kappa shape index (κ1) is 12.6. The summed E-state index contributed by atoms with van der Waals surface area (Å²) < 4.78 is 0. The number of Topliss-reactive ketones (excluding diaryl/α,β-unsaturated/α-hetero) is 1. The number of nitrogens with two attached hydrogens (primary N) is 1. The number of halogens is 1. The Labute approximate surface area is 111 Å². The average Bonchev–Trinajstić information content (AvgIpc) is 2.35. The minimum Gasteiger partial charge on any atom is -0.398 e. The van der Waals surface area contributed by atoms with Gasteiger partial charge in [0.1, 0.15) is 0 Å². The largest absolute Gasteiger partial charge is 0.398 e. The van der Waals surface area contributed by atoms with Crippen molar-refractivity contribution in [2.75, 3.05) is 5.73 Å². The van der Waals surface area contributed by atoms with E-state index in [0.717, 1.165) is 11.3 Å². The fraction of sp³-hybridized carbons (Fsp3) is 0.143. The van der Waals surface area contributed by atoms with Crippen LogP contribution < -0.4 is 5.73 Å². The topological polar surface area (TPSA) is 56.0 Å². The van der Waals surface area contributed by atoms with Gasteiger partial charge in [0.05, 0.1) is 0 Å². The molecule has 0 atom stereocenters. The number of nitrogens with zero attached hydrogens (tertiary/aromatic N) is 1. The summed E-state index contributed by atoms with van der Waals surface area (Å²) in [4.78, 5) is 16.3. The maximum absolute atomic E-state index is 12.1. The second-order valence-corrected chi connectivity index (χ2v) is 4.58. The molecule has 0 spiro atoms. The monoisotopic (exact) mass is 260 g/mol. The molecule has 1 aromatic carbocycles. The summed E-state index contributed by atoms with van der Waals surface area (Å²) in [5.41, 5.74) is 8.47. The van der Waals surface area contributed by atoms with Crippen LogP contribution in [0.2, 0.25) is 5.02 Å². The van der Waals surface area contributed by atoms with Crippen molar-refractivity contribution in [3.8, 4) is 0 Å². The zero-order valence-corrected chi connectivity index (χ0v) is 10.7. The first-order valence-electron chi connectivity index (χ1n) is 5.56. The molecule has 2 aromatic rings. The highest BCUT2D eigenvalue weighted by molar-refractivity contribution is 6.31. The Morgan fingerprint density at radius 1 is 1.33 bits per heavy atom. The van der Waals surface area contributed by atoms with Gasteiger partial charge in [-0.15, -0.1) is 0 Å². The second-order valence-electron chi connectivity index (χ2n) is 4.14. The molecule has 4 heteroatoms. The van der Waals surface area contributed by atoms with Crippen molar-refractivity contribution in [1.82, 2.24) is 4.98 Å². The van der Waals surface area contributed by atoms with Crippen molar-refractivity contribution < 1.29 is 4.79 Å². The van der Waals surface area contributed by atoms with Crippen LogP contribution >= 0.6 is 11.6 Å². The van der Waals surface area contributed by atoms with Crippen molar-refractivity contribution >= 4 is 23.1 Å². The highest BCUT2D eigenvalue weighted by Gasteiger charge is 2.11. The maximum Gasteiger partial charge on any atom is 0.169 e. The third kappa shape index (κ3) is 2.87. The van der Waals surface area contributed by atoms with Crippen molar-refractivity contribution in [1.29, 1.82) is 0 Å². The lowest BCUT2D eigenvalue weighted by molar-refractivity contribution is 0.0993. The zero-order chi connectivity index (χ0) is 13.1. The number of nitrogen functional groups attached to an aromatic ring is 1. The van der Waals surface area contributed by atoms with Crippen molar-refractivity contribution in [2.45, 2.75) is 13.3 Å². The predicted octanol–water partition coefficient (Wildman–Crippen LogP) is 3.05. The SMILES string of the molecule is Cc1ccc(CC(=O)c2cc(Cl)ccc2N)cn1. The fourth-order valence-corrected chi connectivity index (χ4v) is 1.83. The van der Waals surface area contributed by atoms with Crippen LogP contribution in [0.4, 0.5) is 5.69 Å². The molecule has 0 amide bonds. The molecule has 1 heterocycles. The molecule has 1 aromatic heterocycles. The van der Waals surface area contributed by atoms with E-state index in [0.29, 0.717) is 16.3 Å². The van der Waals surface area contributed by atoms with Crippen LogP contribution in [0, 0.1) is 6.92 Å². The van der Waals surface area contributed by atoms with E-state index in [4.69, 9.17) is 17.3 Å². The maximum atomic E-state index is 12.1. The zero-order valence-electron chi connectivity index (χ0n) is 9.98. The van der Waals surface area contributed by atoms with Crippen LogP contribution in [0.5, 0.6) is 0 Å². The van der Waals surface area contributed by atoms with Gasteiger partial charge in [-0.1, -0.05) is 17.7 Å². The normalized spacial score (nSPS) is 10.3. The number of hydrogen-bond donors (Lipinski definition) is 1. The van der Waals surface area contributed by atoms with Gasteiger partial charge < -0.3 is 5.73 Å². The average molecular weight is 261 g/mol. The van der Waals surface area contributed by atoms with E-state index in [9.17, 15) is 4.79 Å². The molecule has 92 valence electrons. The molecule has 3 nitrogen and oxygen atoms in total. The summed E-state index contributed by atoms with van der Waals surface area (Å²) in [6.45, 7) is 1.90. The van der Waals surface area contributed by atoms with Gasteiger partial charge in [0.25, 0.3) is 0 Å². The summed E-state index contributed by atoms with van der Waals surface area (Å²) in [7, 11) is 0. The Morgan fingerprint density at radius 2 is 2.11 bits per heavy atom. The lowest BCUT2D eigenvalue weighted by atomic mass is 10.0. The molecule has 0 unspecified atom stereocenters. The molecular formula is C14H13ClN2O. The minimum atomic E-state index is -0.0550. The standard InChI is InChI=1S/C14H13ClN2O/c1-9-2-3-10(8-17-9)6-14(18)12-7-11(15)4-5-13(12)16/h2-5,7-8H,6,16H2,1H3. The van der Waals surface area contributed by atoms with Gasteiger partial charge >= 0.3 is 0 Å². The van der Waals surface area contributed by atoms with E-state index in [1.165, 1.54) is 0 Å². The number of hydrogen-bond acceptors (Lipinski definition) is 3. The van der Waals surface area contributed by atoms with Crippen LogP contribution in [0.15, 0.2) is 36.5 Å². The van der Waals surface area contributed by atoms with E-state index in [1.807, 2.05) is 19.1 Å². The van der Waals surface area contributed by atoms with Gasteiger partial charge in [-0.2, -0.15) is 0 Å². The highest BCUT2D eigenvalue weighted by Crippen LogP contribution is 2.19. The number of carbonyl (C=O) groups is 1. The molecule has 0 saturated heterocycles. The number of aryl methyl sites for hydroxylation is 1. The number of benzene rings is 1. The van der Waals surface area contributed by atoms with Crippen molar-refractivity contribution in [2.24, 2.45) is 0 Å². The fourth-order valence-electron chi connectivity index (χ4n) is 1.65. The molecule has 0 radical (unpaired) electrons. The smallest absolute Gasteiger partial charge is 0.169 e. The van der Waals surface area contributed by atoms with Crippen LogP contribution in [0.3, 0.4) is 0 Å². The number of pyridine rings is 1. The number of anilines is 1. The van der Waals surface area contributed by atoms with Gasteiger partial charge in [-0.05, 0) is 36.8 Å². The Hall–Kier alpha value is -1.87. The molecule has 0 aliphatic carbocycles. The van der Waals surface area contributed by atoms with E-state index in [1.54, 1.807) is 24.4 Å². The van der Waals surface area contributed by atoms with E-state index in [2.05, 4.69) is 4.98 Å². The predicted molar refractivity (Wildman–Crippen MR) is 72.9 cm³/mol. The van der Waals surface area contributed by atoms with Gasteiger partial charge in [-0.3, -0.25) is 9.78 Å².